The van der Waals surface area contributed by atoms with Gasteiger partial charge >= 0.3 is 67.7 Å². The molecule has 3 nitrogen and oxygen atoms in total. The Bertz CT molecular complexity index is 1250. The van der Waals surface area contributed by atoms with Gasteiger partial charge in [-0.2, -0.15) is 4.42 Å². The number of hydrogen-bond donors (Lipinski definition) is 0. The standard InChI is InChI=1S/C21H10Cl5N2O.5ClH.Sn/c22-12-9-7-11(8-10-12)20-27-19(17-13(23)3-1-4-14(17)24)28-21(29-20)18-15(25)5-2-6-16(18)26;;;;;;/h1-10H;5*1H;/q+1;;;;;;+4/p-5. The van der Waals surface area contributed by atoms with E-state index < -0.39 is 11.4 Å². The molecule has 0 saturated carbocycles. The zero-order valence-corrected chi connectivity index (χ0v) is 27.3. The fourth-order valence-corrected chi connectivity index (χ4v) is 3.95. The van der Waals surface area contributed by atoms with Gasteiger partial charge in [0, 0.05) is 5.02 Å². The van der Waals surface area contributed by atoms with Gasteiger partial charge in [-0.1, -0.05) is 70.1 Å². The van der Waals surface area contributed by atoms with Crippen molar-refractivity contribution in [3.63, 3.8) is 0 Å². The van der Waals surface area contributed by atoms with Crippen molar-refractivity contribution in [2.75, 3.05) is 0 Å². The van der Waals surface area contributed by atoms with Crippen LogP contribution in [0.5, 0.6) is 0 Å². The van der Waals surface area contributed by atoms with Gasteiger partial charge in [0.2, 0.25) is 0 Å². The maximum atomic E-state index is 6.38. The molecule has 1 aromatic heterocycles. The van der Waals surface area contributed by atoms with E-state index in [4.69, 9.17) is 107 Å². The number of benzene rings is 3. The van der Waals surface area contributed by atoms with Gasteiger partial charge in [-0.05, 0) is 48.5 Å². The van der Waals surface area contributed by atoms with E-state index in [1.165, 1.54) is 0 Å². The average Bonchev–Trinajstić information content (AvgIpc) is 2.72. The molecule has 3 aromatic carbocycles. The molecule has 0 spiro atoms. The summed E-state index contributed by atoms with van der Waals surface area (Å²) in [4.78, 5) is 9.05. The topological polar surface area (TPSA) is 37.1 Å². The molecule has 0 aliphatic heterocycles. The first-order valence-corrected chi connectivity index (χ1v) is 29.2. The van der Waals surface area contributed by atoms with Gasteiger partial charge in [0.05, 0.1) is 25.7 Å². The third kappa shape index (κ3) is 9.26. The normalized spacial score (nSPS) is 12.3. The first-order valence-electron chi connectivity index (χ1n) is 9.25. The van der Waals surface area contributed by atoms with Crippen LogP contribution in [-0.4, -0.2) is 21.3 Å². The summed E-state index contributed by atoms with van der Waals surface area (Å²) in [6.45, 7) is 0. The van der Waals surface area contributed by atoms with Gasteiger partial charge in [-0.25, -0.2) is 0 Å². The van der Waals surface area contributed by atoms with Gasteiger partial charge < -0.3 is 0 Å². The third-order valence-corrected chi connectivity index (χ3v) is 5.57. The van der Waals surface area contributed by atoms with Crippen LogP contribution in [0.15, 0.2) is 65.1 Å². The zero-order chi connectivity index (χ0) is 26.0. The van der Waals surface area contributed by atoms with E-state index in [-0.39, 0.29) is 17.6 Å². The van der Waals surface area contributed by atoms with E-state index in [2.05, 4.69) is 9.97 Å². The Labute approximate surface area is 245 Å². The third-order valence-electron chi connectivity index (χ3n) is 4.06. The Morgan fingerprint density at radius 1 is 0.543 bits per heavy atom. The second-order valence-corrected chi connectivity index (χ2v) is 51.1. The molecule has 14 heteroatoms. The van der Waals surface area contributed by atoms with Gasteiger partial charge in [-0.15, -0.1) is 9.97 Å². The van der Waals surface area contributed by atoms with Crippen LogP contribution in [0.2, 0.25) is 25.1 Å². The molecule has 0 N–H and O–H groups in total. The summed E-state index contributed by atoms with van der Waals surface area (Å²) in [5, 5.41) is 2.17. The van der Waals surface area contributed by atoms with Gasteiger partial charge in [0.1, 0.15) is 11.1 Å². The Hall–Kier alpha value is 0.369. The molecule has 0 fully saturated rings. The van der Waals surface area contributed by atoms with Crippen LogP contribution in [0.25, 0.3) is 34.3 Å². The minimum atomic E-state index is -4.40. The fraction of sp³-hybridized carbons (Fsp3) is 0. The van der Waals surface area contributed by atoms with Crippen LogP contribution < -0.4 is 0 Å². The molecular formula is C21H10Cl10N2OSn. The van der Waals surface area contributed by atoms with Crippen LogP contribution in [0.4, 0.5) is 0 Å². The molecule has 0 radical (unpaired) electrons. The Morgan fingerprint density at radius 2 is 0.943 bits per heavy atom. The van der Waals surface area contributed by atoms with Gasteiger partial charge in [0.15, 0.2) is 5.82 Å². The van der Waals surface area contributed by atoms with Crippen molar-refractivity contribution < 1.29 is 4.42 Å². The predicted octanol–water partition coefficient (Wildman–Crippen LogP) is 11.7. The van der Waals surface area contributed by atoms with Crippen molar-refractivity contribution in [3.05, 3.63) is 85.8 Å². The fourth-order valence-electron chi connectivity index (χ4n) is 2.70. The molecule has 4 rings (SSSR count). The van der Waals surface area contributed by atoms with Gasteiger partial charge in [-0.3, -0.25) is 0 Å². The van der Waals surface area contributed by atoms with Crippen molar-refractivity contribution in [2.45, 2.75) is 0 Å². The number of aromatic nitrogens is 2. The summed E-state index contributed by atoms with van der Waals surface area (Å²) in [7, 11) is 25.3. The molecule has 1 heterocycles. The second-order valence-electron chi connectivity index (χ2n) is 6.67. The van der Waals surface area contributed by atoms with Gasteiger partial charge in [0.25, 0.3) is 0 Å². The molecule has 184 valence electrons. The summed E-state index contributed by atoms with van der Waals surface area (Å²) in [5.74, 6) is 0.753. The molecule has 0 unspecified atom stereocenters. The van der Waals surface area contributed by atoms with E-state index in [0.29, 0.717) is 41.8 Å². The van der Waals surface area contributed by atoms with E-state index in [9.17, 15) is 0 Å². The van der Waals surface area contributed by atoms with Crippen LogP contribution in [-0.2, 0) is 0 Å². The summed E-state index contributed by atoms with van der Waals surface area (Å²) in [6.07, 6.45) is 0. The molecule has 0 atom stereocenters. The average molecular weight is 780 g/mol. The quantitative estimate of drug-likeness (QED) is 0.154. The first kappa shape index (κ1) is 29.9. The Balaban J connectivity index is 0.000000509. The summed E-state index contributed by atoms with van der Waals surface area (Å²) in [6, 6.07) is 17.3. The van der Waals surface area contributed by atoms with Crippen molar-refractivity contribution in [1.29, 1.82) is 0 Å². The minimum absolute atomic E-state index is 0.187. The van der Waals surface area contributed by atoms with Crippen molar-refractivity contribution in [3.8, 4) is 34.3 Å². The van der Waals surface area contributed by atoms with Crippen LogP contribution in [0.1, 0.15) is 0 Å². The number of halogens is 10. The molecule has 0 aliphatic carbocycles. The molecular weight excluding hydrogens is 769 g/mol. The van der Waals surface area contributed by atoms with E-state index in [1.54, 1.807) is 60.7 Å². The Kier molecular flexibility index (Phi) is 10.3. The molecule has 4 aromatic rings. The van der Waals surface area contributed by atoms with E-state index in [1.807, 2.05) is 0 Å². The van der Waals surface area contributed by atoms with Crippen molar-refractivity contribution in [1.82, 2.24) is 9.97 Å². The molecule has 0 bridgehead atoms. The summed E-state index contributed by atoms with van der Waals surface area (Å²) >= 11 is 27.1. The number of nitrogens with zero attached hydrogens (tertiary/aromatic N) is 2. The monoisotopic (exact) mass is 776 g/mol. The van der Waals surface area contributed by atoms with Crippen LogP contribution in [0.3, 0.4) is 0 Å². The predicted molar refractivity (Wildman–Crippen MR) is 155 cm³/mol. The first-order chi connectivity index (χ1) is 16.2. The molecule has 0 aliphatic rings. The number of hydrogen-bond acceptors (Lipinski definition) is 2. The number of rotatable bonds is 3. The molecule has 0 saturated heterocycles. The summed E-state index contributed by atoms with van der Waals surface area (Å²) < 4.78 is 5.97. The van der Waals surface area contributed by atoms with Crippen molar-refractivity contribution in [2.24, 2.45) is 0 Å². The van der Waals surface area contributed by atoms with E-state index in [0.717, 1.165) is 0 Å². The maximum absolute atomic E-state index is 6.38. The second kappa shape index (κ2) is 12.0. The van der Waals surface area contributed by atoms with E-state index >= 15 is 0 Å². The van der Waals surface area contributed by atoms with Crippen molar-refractivity contribution >= 4 is 114 Å². The Morgan fingerprint density at radius 3 is 1.40 bits per heavy atom. The van der Waals surface area contributed by atoms with Crippen LogP contribution >= 0.6 is 103 Å². The summed E-state index contributed by atoms with van der Waals surface area (Å²) in [5.41, 5.74) is 1.61. The molecule has 35 heavy (non-hydrogen) atoms. The zero-order valence-electron chi connectivity index (χ0n) is 16.9. The molecule has 0 amide bonds. The van der Waals surface area contributed by atoms with Crippen LogP contribution in [0, 0.1) is 0 Å². The SMILES string of the molecule is Clc1ccc(-c2nc(-c3c(Cl)cccc3Cl)nc(-c3c(Cl)cccc3Cl)[o+]2)cc1.[Cl][Sn-]([Cl])([Cl])([Cl])[Cl].